The summed E-state index contributed by atoms with van der Waals surface area (Å²) in [6, 6.07) is 10.6. The van der Waals surface area contributed by atoms with Crippen molar-refractivity contribution in [2.24, 2.45) is 0 Å². The number of hydrogen-bond donors (Lipinski definition) is 1. The highest BCUT2D eigenvalue weighted by Crippen LogP contribution is 2.28. The molecule has 2 aromatic rings. The Balaban J connectivity index is 1.93. The van der Waals surface area contributed by atoms with Crippen LogP contribution in [0.4, 0.5) is 0 Å². The van der Waals surface area contributed by atoms with Crippen molar-refractivity contribution in [3.63, 3.8) is 0 Å². The molecule has 0 radical (unpaired) electrons. The number of amides is 2. The van der Waals surface area contributed by atoms with E-state index in [1.165, 1.54) is 11.3 Å². The van der Waals surface area contributed by atoms with Crippen molar-refractivity contribution in [2.75, 3.05) is 5.88 Å². The summed E-state index contributed by atoms with van der Waals surface area (Å²) in [5.41, 5.74) is 1.76. The lowest BCUT2D eigenvalue weighted by Crippen LogP contribution is -2.47. The summed E-state index contributed by atoms with van der Waals surface area (Å²) in [5.74, 6) is -0.0429. The maximum Gasteiger partial charge on any atom is 0.247 e. The molecular weight excluding hydrogens is 376 g/mol. The quantitative estimate of drug-likeness (QED) is 0.700. The Kier molecular flexibility index (Phi) is 7.15. The van der Waals surface area contributed by atoms with Gasteiger partial charge in [-0.05, 0) is 43.0 Å². The molecule has 0 saturated heterocycles. The SMILES string of the molecule is Cc1ccccc1[C@@H](C(=O)NC1CCCCC1)N(Cc1ccco1)C(=O)CCl. The number of benzene rings is 1. The van der Waals surface area contributed by atoms with Crippen LogP contribution >= 0.6 is 11.6 Å². The van der Waals surface area contributed by atoms with E-state index in [0.29, 0.717) is 5.76 Å². The monoisotopic (exact) mass is 402 g/mol. The van der Waals surface area contributed by atoms with Gasteiger partial charge in [-0.15, -0.1) is 11.6 Å². The minimum Gasteiger partial charge on any atom is -0.467 e. The predicted octanol–water partition coefficient (Wildman–Crippen LogP) is 4.35. The fraction of sp³-hybridized carbons (Fsp3) is 0.455. The molecule has 2 amide bonds. The van der Waals surface area contributed by atoms with Crippen LogP contribution in [0.15, 0.2) is 47.1 Å². The lowest BCUT2D eigenvalue weighted by atomic mass is 9.94. The second-order valence-electron chi connectivity index (χ2n) is 7.34. The molecule has 1 aromatic heterocycles. The van der Waals surface area contributed by atoms with Crippen molar-refractivity contribution in [3.8, 4) is 0 Å². The number of rotatable bonds is 7. The lowest BCUT2D eigenvalue weighted by molar-refractivity contribution is -0.140. The van der Waals surface area contributed by atoms with Crippen molar-refractivity contribution in [1.82, 2.24) is 10.2 Å². The van der Waals surface area contributed by atoms with E-state index in [1.54, 1.807) is 18.4 Å². The third kappa shape index (κ3) is 4.96. The standard InChI is InChI=1S/C22H27ClN2O3/c1-16-8-5-6-12-19(16)21(22(27)24-17-9-3-2-4-10-17)25(20(26)14-23)15-18-11-7-13-28-18/h5-8,11-13,17,21H,2-4,9-10,14-15H2,1H3,(H,24,27)/t21-/m0/s1. The van der Waals surface area contributed by atoms with Gasteiger partial charge in [0.1, 0.15) is 17.7 Å². The fourth-order valence-electron chi connectivity index (χ4n) is 3.84. The highest BCUT2D eigenvalue weighted by molar-refractivity contribution is 6.27. The molecule has 28 heavy (non-hydrogen) atoms. The summed E-state index contributed by atoms with van der Waals surface area (Å²) in [5, 5.41) is 3.18. The number of furan rings is 1. The van der Waals surface area contributed by atoms with Crippen molar-refractivity contribution in [1.29, 1.82) is 0 Å². The summed E-state index contributed by atoms with van der Waals surface area (Å²) >= 11 is 5.90. The van der Waals surface area contributed by atoms with E-state index in [2.05, 4.69) is 5.32 Å². The van der Waals surface area contributed by atoms with E-state index >= 15 is 0 Å². The van der Waals surface area contributed by atoms with Crippen LogP contribution in [0, 0.1) is 6.92 Å². The van der Waals surface area contributed by atoms with E-state index in [-0.39, 0.29) is 30.3 Å². The molecule has 150 valence electrons. The third-order valence-corrected chi connectivity index (χ3v) is 5.56. The summed E-state index contributed by atoms with van der Waals surface area (Å²) in [7, 11) is 0. The van der Waals surface area contributed by atoms with Gasteiger partial charge in [-0.2, -0.15) is 0 Å². The topological polar surface area (TPSA) is 62.6 Å². The highest BCUT2D eigenvalue weighted by Gasteiger charge is 2.33. The fourth-order valence-corrected chi connectivity index (χ4v) is 4.00. The summed E-state index contributed by atoms with van der Waals surface area (Å²) < 4.78 is 5.44. The van der Waals surface area contributed by atoms with Gasteiger partial charge in [0.05, 0.1) is 12.8 Å². The number of alkyl halides is 1. The Morgan fingerprint density at radius 1 is 1.18 bits per heavy atom. The number of carbonyl (C=O) groups is 2. The van der Waals surface area contributed by atoms with Gasteiger partial charge < -0.3 is 14.6 Å². The molecule has 1 aliphatic carbocycles. The zero-order chi connectivity index (χ0) is 19.9. The van der Waals surface area contributed by atoms with E-state index in [0.717, 1.165) is 36.8 Å². The average Bonchev–Trinajstić information content (AvgIpc) is 3.22. The second-order valence-corrected chi connectivity index (χ2v) is 7.60. The molecule has 1 aromatic carbocycles. The third-order valence-electron chi connectivity index (χ3n) is 5.34. The first kappa shape index (κ1) is 20.5. The van der Waals surface area contributed by atoms with Crippen LogP contribution in [-0.2, 0) is 16.1 Å². The number of carbonyl (C=O) groups excluding carboxylic acids is 2. The molecule has 0 spiro atoms. The van der Waals surface area contributed by atoms with Gasteiger partial charge >= 0.3 is 0 Å². The minimum atomic E-state index is -0.750. The molecule has 1 heterocycles. The van der Waals surface area contributed by atoms with Gasteiger partial charge in [0, 0.05) is 6.04 Å². The van der Waals surface area contributed by atoms with Gasteiger partial charge in [-0.3, -0.25) is 9.59 Å². The highest BCUT2D eigenvalue weighted by atomic mass is 35.5. The Hall–Kier alpha value is -2.27. The zero-order valence-electron chi connectivity index (χ0n) is 16.2. The number of hydrogen-bond acceptors (Lipinski definition) is 3. The average molecular weight is 403 g/mol. The first-order valence-corrected chi connectivity index (χ1v) is 10.4. The van der Waals surface area contributed by atoms with Gasteiger partial charge in [-0.1, -0.05) is 43.5 Å². The zero-order valence-corrected chi connectivity index (χ0v) is 17.0. The molecule has 1 N–H and O–H groups in total. The van der Waals surface area contributed by atoms with E-state index in [9.17, 15) is 9.59 Å². The molecule has 1 saturated carbocycles. The van der Waals surface area contributed by atoms with Crippen LogP contribution in [0.1, 0.15) is 55.0 Å². The van der Waals surface area contributed by atoms with Crippen molar-refractivity contribution in [3.05, 3.63) is 59.5 Å². The van der Waals surface area contributed by atoms with E-state index in [4.69, 9.17) is 16.0 Å². The molecule has 0 aliphatic heterocycles. The smallest absolute Gasteiger partial charge is 0.247 e. The summed E-state index contributed by atoms with van der Waals surface area (Å²) in [6.07, 6.45) is 6.97. The summed E-state index contributed by atoms with van der Waals surface area (Å²) in [6.45, 7) is 2.14. The molecule has 3 rings (SSSR count). The van der Waals surface area contributed by atoms with Crippen molar-refractivity contribution >= 4 is 23.4 Å². The molecule has 1 fully saturated rings. The lowest BCUT2D eigenvalue weighted by Gasteiger charge is -2.33. The number of nitrogens with zero attached hydrogens (tertiary/aromatic N) is 1. The largest absolute Gasteiger partial charge is 0.467 e. The Morgan fingerprint density at radius 3 is 2.57 bits per heavy atom. The normalized spacial score (nSPS) is 15.8. The van der Waals surface area contributed by atoms with Gasteiger partial charge in [0.2, 0.25) is 11.8 Å². The maximum atomic E-state index is 13.4. The Bertz CT molecular complexity index is 785. The molecule has 1 aliphatic rings. The molecule has 6 heteroatoms. The van der Waals surface area contributed by atoms with Crippen LogP contribution < -0.4 is 5.32 Å². The van der Waals surface area contributed by atoms with E-state index < -0.39 is 6.04 Å². The minimum absolute atomic E-state index is 0.157. The molecule has 1 atom stereocenters. The van der Waals surface area contributed by atoms with E-state index in [1.807, 2.05) is 31.2 Å². The van der Waals surface area contributed by atoms with Gasteiger partial charge in [0.25, 0.3) is 0 Å². The second kappa shape index (κ2) is 9.78. The summed E-state index contributed by atoms with van der Waals surface area (Å²) in [4.78, 5) is 27.6. The Morgan fingerprint density at radius 2 is 1.93 bits per heavy atom. The first-order valence-electron chi connectivity index (χ1n) is 9.84. The van der Waals surface area contributed by atoms with Crippen molar-refractivity contribution < 1.29 is 14.0 Å². The predicted molar refractivity (Wildman–Crippen MR) is 109 cm³/mol. The maximum absolute atomic E-state index is 13.4. The van der Waals surface area contributed by atoms with Crippen molar-refractivity contribution in [2.45, 2.75) is 57.7 Å². The van der Waals surface area contributed by atoms with Crippen LogP contribution in [0.5, 0.6) is 0 Å². The molecule has 0 bridgehead atoms. The number of halogens is 1. The van der Waals surface area contributed by atoms with Crippen LogP contribution in [0.2, 0.25) is 0 Å². The van der Waals surface area contributed by atoms with Crippen LogP contribution in [0.25, 0.3) is 0 Å². The number of aryl methyl sites for hydroxylation is 1. The first-order chi connectivity index (χ1) is 13.6. The molecular formula is C22H27ClN2O3. The number of nitrogens with one attached hydrogen (secondary N) is 1. The van der Waals surface area contributed by atoms with Gasteiger partial charge in [-0.25, -0.2) is 0 Å². The Labute approximate surface area is 171 Å². The van der Waals surface area contributed by atoms with Crippen LogP contribution in [0.3, 0.4) is 0 Å². The van der Waals surface area contributed by atoms with Gasteiger partial charge in [0.15, 0.2) is 0 Å². The van der Waals surface area contributed by atoms with Crippen LogP contribution in [-0.4, -0.2) is 28.6 Å². The molecule has 0 unspecified atom stereocenters. The molecule has 5 nitrogen and oxygen atoms in total.